The smallest absolute Gasteiger partial charge is 0.00990 e. The van der Waals surface area contributed by atoms with Crippen molar-refractivity contribution in [3.05, 3.63) is 83.9 Å². The summed E-state index contributed by atoms with van der Waals surface area (Å²) in [6.07, 6.45) is 10.9. The van der Waals surface area contributed by atoms with Crippen LogP contribution in [0.2, 0.25) is 0 Å². The Bertz CT molecular complexity index is 1450. The van der Waals surface area contributed by atoms with Crippen LogP contribution >= 0.6 is 0 Å². The summed E-state index contributed by atoms with van der Waals surface area (Å²) in [6.45, 7) is 4.82. The van der Waals surface area contributed by atoms with Crippen molar-refractivity contribution >= 4 is 43.1 Å². The summed E-state index contributed by atoms with van der Waals surface area (Å²) in [6, 6.07) is 28.9. The van der Waals surface area contributed by atoms with Crippen LogP contribution in [0.4, 0.5) is 0 Å². The van der Waals surface area contributed by atoms with Crippen LogP contribution in [0.15, 0.2) is 72.8 Å². The lowest BCUT2D eigenvalue weighted by Gasteiger charge is -2.26. The van der Waals surface area contributed by atoms with E-state index < -0.39 is 0 Å². The molecular weight excluding hydrogens is 432 g/mol. The summed E-state index contributed by atoms with van der Waals surface area (Å²) in [5.41, 5.74) is 3.09. The summed E-state index contributed by atoms with van der Waals surface area (Å²) >= 11 is 0. The van der Waals surface area contributed by atoms with Crippen LogP contribution < -0.4 is 0 Å². The molecule has 0 aromatic heterocycles. The fourth-order valence-corrected chi connectivity index (χ4v) is 7.36. The first-order valence-electron chi connectivity index (χ1n) is 14.5. The molecular formula is C36H38. The second-order valence-electron chi connectivity index (χ2n) is 12.3. The summed E-state index contributed by atoms with van der Waals surface area (Å²) in [7, 11) is 0. The van der Waals surface area contributed by atoms with Gasteiger partial charge in [0.15, 0.2) is 0 Å². The summed E-state index contributed by atoms with van der Waals surface area (Å²) in [4.78, 5) is 0. The van der Waals surface area contributed by atoms with E-state index in [0.717, 1.165) is 23.7 Å². The van der Waals surface area contributed by atoms with Gasteiger partial charge < -0.3 is 0 Å². The second kappa shape index (κ2) is 8.91. The van der Waals surface area contributed by atoms with Gasteiger partial charge in [-0.2, -0.15) is 0 Å². The van der Waals surface area contributed by atoms with Gasteiger partial charge in [-0.15, -0.1) is 0 Å². The molecule has 0 radical (unpaired) electrons. The molecule has 2 fully saturated rings. The highest BCUT2D eigenvalue weighted by Gasteiger charge is 2.21. The molecule has 0 N–H and O–H groups in total. The van der Waals surface area contributed by atoms with Gasteiger partial charge in [-0.1, -0.05) is 100 Å². The van der Waals surface area contributed by atoms with E-state index in [0.29, 0.717) is 0 Å². The van der Waals surface area contributed by atoms with E-state index in [9.17, 15) is 0 Å². The summed E-state index contributed by atoms with van der Waals surface area (Å²) < 4.78 is 0. The zero-order chi connectivity index (χ0) is 24.2. The molecule has 0 atom stereocenters. The topological polar surface area (TPSA) is 0 Å². The molecule has 0 unspecified atom stereocenters. The van der Waals surface area contributed by atoms with Gasteiger partial charge in [-0.05, 0) is 116 Å². The third-order valence-corrected chi connectivity index (χ3v) is 9.81. The molecule has 0 nitrogen and oxygen atoms in total. The number of hydrogen-bond donors (Lipinski definition) is 0. The molecule has 5 aromatic rings. The van der Waals surface area contributed by atoms with Gasteiger partial charge in [0.05, 0.1) is 0 Å². The number of fused-ring (bicyclic) bond motifs is 6. The van der Waals surface area contributed by atoms with Gasteiger partial charge in [0.1, 0.15) is 0 Å². The number of rotatable bonds is 2. The second-order valence-corrected chi connectivity index (χ2v) is 12.3. The average molecular weight is 471 g/mol. The molecule has 2 aliphatic rings. The van der Waals surface area contributed by atoms with E-state index in [2.05, 4.69) is 86.6 Å². The van der Waals surface area contributed by atoms with E-state index in [1.54, 1.807) is 11.1 Å². The van der Waals surface area contributed by atoms with Crippen LogP contribution in [0.25, 0.3) is 43.1 Å². The Labute approximate surface area is 215 Å². The molecule has 2 saturated carbocycles. The van der Waals surface area contributed by atoms with E-state index >= 15 is 0 Å². The first-order valence-corrected chi connectivity index (χ1v) is 14.5. The molecule has 0 amide bonds. The standard InChI is InChI=1S/C36H38/c1-23-3-7-25(8-4-23)27-15-17-33-29(19-27)11-13-31-22-36-32(21-35(31)33)14-12-30-20-28(16-18-34(30)36)26-9-5-24(2)6-10-26/h11-26H,3-10H2,1-2H3. The molecule has 0 saturated heterocycles. The minimum absolute atomic E-state index is 0.742. The Balaban J connectivity index is 1.28. The summed E-state index contributed by atoms with van der Waals surface area (Å²) in [5.74, 6) is 3.28. The monoisotopic (exact) mass is 470 g/mol. The van der Waals surface area contributed by atoms with Gasteiger partial charge in [0.2, 0.25) is 0 Å². The van der Waals surface area contributed by atoms with Gasteiger partial charge >= 0.3 is 0 Å². The Morgan fingerprint density at radius 3 is 1.14 bits per heavy atom. The van der Waals surface area contributed by atoms with Crippen molar-refractivity contribution in [1.82, 2.24) is 0 Å². The zero-order valence-electron chi connectivity index (χ0n) is 21.9. The van der Waals surface area contributed by atoms with Crippen molar-refractivity contribution in [1.29, 1.82) is 0 Å². The third kappa shape index (κ3) is 3.90. The Morgan fingerprint density at radius 2 is 0.750 bits per heavy atom. The minimum atomic E-state index is 0.742. The highest BCUT2D eigenvalue weighted by molar-refractivity contribution is 6.17. The fraction of sp³-hybridized carbons (Fsp3) is 0.389. The zero-order valence-corrected chi connectivity index (χ0v) is 21.9. The molecule has 0 aliphatic heterocycles. The van der Waals surface area contributed by atoms with Gasteiger partial charge in [0, 0.05) is 0 Å². The molecule has 0 heteroatoms. The van der Waals surface area contributed by atoms with Crippen molar-refractivity contribution in [3.63, 3.8) is 0 Å². The van der Waals surface area contributed by atoms with Crippen LogP contribution in [-0.2, 0) is 0 Å². The molecule has 0 bridgehead atoms. The van der Waals surface area contributed by atoms with Gasteiger partial charge in [-0.3, -0.25) is 0 Å². The van der Waals surface area contributed by atoms with Gasteiger partial charge in [0.25, 0.3) is 0 Å². The maximum atomic E-state index is 2.48. The average Bonchev–Trinajstić information content (AvgIpc) is 2.92. The first-order chi connectivity index (χ1) is 17.6. The van der Waals surface area contributed by atoms with Crippen molar-refractivity contribution in [2.24, 2.45) is 11.8 Å². The van der Waals surface area contributed by atoms with Crippen LogP contribution in [0.1, 0.15) is 88.2 Å². The highest BCUT2D eigenvalue weighted by Crippen LogP contribution is 2.40. The number of benzene rings is 5. The lowest BCUT2D eigenvalue weighted by atomic mass is 9.79. The van der Waals surface area contributed by atoms with Gasteiger partial charge in [-0.25, -0.2) is 0 Å². The third-order valence-electron chi connectivity index (χ3n) is 9.81. The van der Waals surface area contributed by atoms with Crippen molar-refractivity contribution in [2.75, 3.05) is 0 Å². The largest absolute Gasteiger partial charge is 0.0625 e. The van der Waals surface area contributed by atoms with E-state index in [-0.39, 0.29) is 0 Å². The summed E-state index contributed by atoms with van der Waals surface area (Å²) in [5, 5.41) is 11.1. The van der Waals surface area contributed by atoms with E-state index in [4.69, 9.17) is 0 Å². The van der Waals surface area contributed by atoms with Crippen molar-refractivity contribution in [3.8, 4) is 0 Å². The predicted molar refractivity (Wildman–Crippen MR) is 157 cm³/mol. The Kier molecular flexibility index (Phi) is 5.53. The Morgan fingerprint density at radius 1 is 0.389 bits per heavy atom. The van der Waals surface area contributed by atoms with Crippen LogP contribution in [0.5, 0.6) is 0 Å². The molecule has 2 aliphatic carbocycles. The maximum Gasteiger partial charge on any atom is -0.00990 e. The van der Waals surface area contributed by atoms with Crippen LogP contribution in [0.3, 0.4) is 0 Å². The first kappa shape index (κ1) is 22.3. The molecule has 36 heavy (non-hydrogen) atoms. The fourth-order valence-electron chi connectivity index (χ4n) is 7.36. The minimum Gasteiger partial charge on any atom is -0.0625 e. The van der Waals surface area contributed by atoms with Crippen LogP contribution in [-0.4, -0.2) is 0 Å². The Hall–Kier alpha value is -2.86. The number of hydrogen-bond acceptors (Lipinski definition) is 0. The molecule has 5 aromatic carbocycles. The lowest BCUT2D eigenvalue weighted by Crippen LogP contribution is -2.10. The van der Waals surface area contributed by atoms with Crippen molar-refractivity contribution in [2.45, 2.75) is 77.0 Å². The molecule has 0 heterocycles. The SMILES string of the molecule is CC1CCC(c2ccc3c(ccc4cc5c(ccc6cc(C7CCC(C)CC7)ccc65)cc43)c2)CC1. The highest BCUT2D eigenvalue weighted by atomic mass is 14.3. The molecule has 7 rings (SSSR count). The maximum absolute atomic E-state index is 2.48. The predicted octanol–water partition coefficient (Wildman–Crippen LogP) is 10.9. The normalized spacial score (nSPS) is 25.2. The quantitative estimate of drug-likeness (QED) is 0.178. The van der Waals surface area contributed by atoms with E-state index in [1.165, 1.54) is 94.5 Å². The lowest BCUT2D eigenvalue weighted by molar-refractivity contribution is 0.348. The van der Waals surface area contributed by atoms with Crippen molar-refractivity contribution < 1.29 is 0 Å². The molecule has 182 valence electrons. The van der Waals surface area contributed by atoms with Crippen LogP contribution in [0, 0.1) is 11.8 Å². The molecule has 0 spiro atoms. The van der Waals surface area contributed by atoms with E-state index in [1.807, 2.05) is 0 Å².